The third-order valence-corrected chi connectivity index (χ3v) is 3.64. The van der Waals surface area contributed by atoms with Crippen molar-refractivity contribution in [3.05, 3.63) is 39.5 Å². The fourth-order valence-electron chi connectivity index (χ4n) is 1.87. The molecule has 2 aromatic rings. The molecule has 0 bridgehead atoms. The zero-order valence-electron chi connectivity index (χ0n) is 11.0. The Bertz CT molecular complexity index is 594. The molecule has 0 atom stereocenters. The van der Waals surface area contributed by atoms with Crippen LogP contribution in [-0.4, -0.2) is 17.0 Å². The van der Waals surface area contributed by atoms with Gasteiger partial charge in [-0.1, -0.05) is 6.07 Å². The molecule has 0 saturated carbocycles. The molecule has 2 rings (SSSR count). The SMILES string of the molecule is CNc1nc(-c2cc(C)c(C)cc2C)ncc1Br. The lowest BCUT2D eigenvalue weighted by Crippen LogP contribution is -1.99. The molecule has 0 aliphatic rings. The number of anilines is 1. The van der Waals surface area contributed by atoms with Crippen molar-refractivity contribution in [3.63, 3.8) is 0 Å². The van der Waals surface area contributed by atoms with Gasteiger partial charge in [0.1, 0.15) is 5.82 Å². The second-order valence-corrected chi connectivity index (χ2v) is 5.25. The summed E-state index contributed by atoms with van der Waals surface area (Å²) in [6.07, 6.45) is 1.78. The number of aryl methyl sites for hydroxylation is 3. The molecule has 3 nitrogen and oxygen atoms in total. The average molecular weight is 306 g/mol. The first-order chi connectivity index (χ1) is 8.52. The summed E-state index contributed by atoms with van der Waals surface area (Å²) in [7, 11) is 1.85. The number of hydrogen-bond acceptors (Lipinski definition) is 3. The summed E-state index contributed by atoms with van der Waals surface area (Å²) in [6.45, 7) is 6.32. The molecule has 1 aromatic carbocycles. The summed E-state index contributed by atoms with van der Waals surface area (Å²) in [6, 6.07) is 4.32. The van der Waals surface area contributed by atoms with Crippen LogP contribution in [0, 0.1) is 20.8 Å². The van der Waals surface area contributed by atoms with Crippen molar-refractivity contribution in [2.45, 2.75) is 20.8 Å². The monoisotopic (exact) mass is 305 g/mol. The van der Waals surface area contributed by atoms with Crippen LogP contribution in [0.15, 0.2) is 22.8 Å². The van der Waals surface area contributed by atoms with Crippen molar-refractivity contribution in [2.75, 3.05) is 12.4 Å². The molecule has 1 N–H and O–H groups in total. The quantitative estimate of drug-likeness (QED) is 0.915. The lowest BCUT2D eigenvalue weighted by Gasteiger charge is -2.10. The first kappa shape index (κ1) is 13.0. The lowest BCUT2D eigenvalue weighted by atomic mass is 10.0. The highest BCUT2D eigenvalue weighted by atomic mass is 79.9. The third kappa shape index (κ3) is 2.38. The summed E-state index contributed by atoms with van der Waals surface area (Å²) in [4.78, 5) is 8.91. The van der Waals surface area contributed by atoms with Crippen LogP contribution in [-0.2, 0) is 0 Å². The molecule has 0 unspecified atom stereocenters. The minimum atomic E-state index is 0.753. The molecule has 4 heteroatoms. The molecule has 1 aromatic heterocycles. The van der Waals surface area contributed by atoms with Gasteiger partial charge in [-0.2, -0.15) is 0 Å². The second kappa shape index (κ2) is 5.06. The normalized spacial score (nSPS) is 10.5. The average Bonchev–Trinajstić information content (AvgIpc) is 2.35. The molecular weight excluding hydrogens is 290 g/mol. The van der Waals surface area contributed by atoms with Gasteiger partial charge in [0, 0.05) is 18.8 Å². The summed E-state index contributed by atoms with van der Waals surface area (Å²) >= 11 is 3.42. The molecule has 1 heterocycles. The molecule has 0 saturated heterocycles. The van der Waals surface area contributed by atoms with Crippen LogP contribution in [0.2, 0.25) is 0 Å². The number of nitrogens with zero attached hydrogens (tertiary/aromatic N) is 2. The van der Waals surface area contributed by atoms with Crippen LogP contribution in [0.3, 0.4) is 0 Å². The van der Waals surface area contributed by atoms with E-state index in [0.29, 0.717) is 0 Å². The van der Waals surface area contributed by atoms with Crippen molar-refractivity contribution < 1.29 is 0 Å². The van der Waals surface area contributed by atoms with Gasteiger partial charge in [-0.15, -0.1) is 0 Å². The van der Waals surface area contributed by atoms with Crippen LogP contribution in [0.25, 0.3) is 11.4 Å². The number of halogens is 1. The second-order valence-electron chi connectivity index (χ2n) is 4.39. The van der Waals surface area contributed by atoms with Gasteiger partial charge in [0.25, 0.3) is 0 Å². The molecule has 94 valence electrons. The highest BCUT2D eigenvalue weighted by Gasteiger charge is 2.09. The smallest absolute Gasteiger partial charge is 0.161 e. The Morgan fingerprint density at radius 2 is 1.72 bits per heavy atom. The Morgan fingerprint density at radius 3 is 2.39 bits per heavy atom. The highest BCUT2D eigenvalue weighted by Crippen LogP contribution is 2.26. The van der Waals surface area contributed by atoms with Gasteiger partial charge in [0.05, 0.1) is 4.47 Å². The Hall–Kier alpha value is -1.42. The van der Waals surface area contributed by atoms with E-state index in [1.807, 2.05) is 7.05 Å². The Balaban J connectivity index is 2.58. The Kier molecular flexibility index (Phi) is 3.66. The summed E-state index contributed by atoms with van der Waals surface area (Å²) in [5.41, 5.74) is 4.83. The number of nitrogens with one attached hydrogen (secondary N) is 1. The van der Waals surface area contributed by atoms with Crippen LogP contribution in [0.1, 0.15) is 16.7 Å². The van der Waals surface area contributed by atoms with Crippen LogP contribution < -0.4 is 5.32 Å². The molecule has 0 radical (unpaired) electrons. The van der Waals surface area contributed by atoms with E-state index in [4.69, 9.17) is 0 Å². The van der Waals surface area contributed by atoms with E-state index in [1.54, 1.807) is 6.20 Å². The summed E-state index contributed by atoms with van der Waals surface area (Å²) in [5, 5.41) is 3.05. The summed E-state index contributed by atoms with van der Waals surface area (Å²) in [5.74, 6) is 1.56. The zero-order chi connectivity index (χ0) is 13.3. The summed E-state index contributed by atoms with van der Waals surface area (Å²) < 4.78 is 0.871. The maximum atomic E-state index is 4.52. The predicted octanol–water partition coefficient (Wildman–Crippen LogP) is 3.87. The number of rotatable bonds is 2. The van der Waals surface area contributed by atoms with E-state index < -0.39 is 0 Å². The number of hydrogen-bond donors (Lipinski definition) is 1. The molecule has 0 aliphatic carbocycles. The van der Waals surface area contributed by atoms with Gasteiger partial charge in [0.15, 0.2) is 5.82 Å². The minimum Gasteiger partial charge on any atom is -0.372 e. The van der Waals surface area contributed by atoms with Crippen molar-refractivity contribution in [1.29, 1.82) is 0 Å². The van der Waals surface area contributed by atoms with E-state index in [9.17, 15) is 0 Å². The van der Waals surface area contributed by atoms with E-state index >= 15 is 0 Å². The number of aromatic nitrogens is 2. The van der Waals surface area contributed by atoms with Crippen LogP contribution in [0.4, 0.5) is 5.82 Å². The fourth-order valence-corrected chi connectivity index (χ4v) is 2.26. The van der Waals surface area contributed by atoms with E-state index in [-0.39, 0.29) is 0 Å². The van der Waals surface area contributed by atoms with Gasteiger partial charge in [-0.05, 0) is 59.5 Å². The number of benzene rings is 1. The first-order valence-corrected chi connectivity index (χ1v) is 6.60. The third-order valence-electron chi connectivity index (χ3n) is 3.06. The van der Waals surface area contributed by atoms with Gasteiger partial charge in [0.2, 0.25) is 0 Å². The minimum absolute atomic E-state index is 0.753. The first-order valence-electron chi connectivity index (χ1n) is 5.81. The van der Waals surface area contributed by atoms with Crippen molar-refractivity contribution >= 4 is 21.7 Å². The Morgan fingerprint density at radius 1 is 1.06 bits per heavy atom. The van der Waals surface area contributed by atoms with Gasteiger partial charge in [-0.25, -0.2) is 9.97 Å². The van der Waals surface area contributed by atoms with Crippen molar-refractivity contribution in [1.82, 2.24) is 9.97 Å². The Labute approximate surface area is 116 Å². The molecule has 0 aliphatic heterocycles. The maximum absolute atomic E-state index is 4.52. The van der Waals surface area contributed by atoms with Crippen molar-refractivity contribution in [3.8, 4) is 11.4 Å². The van der Waals surface area contributed by atoms with E-state index in [0.717, 1.165) is 21.7 Å². The van der Waals surface area contributed by atoms with E-state index in [1.165, 1.54) is 16.7 Å². The fraction of sp³-hybridized carbons (Fsp3) is 0.286. The topological polar surface area (TPSA) is 37.8 Å². The van der Waals surface area contributed by atoms with Gasteiger partial charge >= 0.3 is 0 Å². The van der Waals surface area contributed by atoms with Crippen LogP contribution >= 0.6 is 15.9 Å². The molecule has 0 spiro atoms. The largest absolute Gasteiger partial charge is 0.372 e. The van der Waals surface area contributed by atoms with Crippen molar-refractivity contribution in [2.24, 2.45) is 0 Å². The standard InChI is InChI=1S/C14H16BrN3/c1-8-5-10(3)11(6-9(8)2)13-17-7-12(15)14(16-4)18-13/h5-7H,1-4H3,(H,16,17,18). The predicted molar refractivity (Wildman–Crippen MR) is 78.9 cm³/mol. The molecular formula is C14H16BrN3. The lowest BCUT2D eigenvalue weighted by molar-refractivity contribution is 1.14. The molecule has 0 amide bonds. The van der Waals surface area contributed by atoms with Gasteiger partial charge in [-0.3, -0.25) is 0 Å². The highest BCUT2D eigenvalue weighted by molar-refractivity contribution is 9.10. The van der Waals surface area contributed by atoms with E-state index in [2.05, 4.69) is 64.1 Å². The van der Waals surface area contributed by atoms with Crippen LogP contribution in [0.5, 0.6) is 0 Å². The molecule has 0 fully saturated rings. The maximum Gasteiger partial charge on any atom is 0.161 e. The van der Waals surface area contributed by atoms with Gasteiger partial charge < -0.3 is 5.32 Å². The molecule has 18 heavy (non-hydrogen) atoms. The zero-order valence-corrected chi connectivity index (χ0v) is 12.6.